The first kappa shape index (κ1) is 25.0. The molecule has 1 aliphatic carbocycles. The van der Waals surface area contributed by atoms with Crippen molar-refractivity contribution in [1.29, 1.82) is 0 Å². The highest BCUT2D eigenvalue weighted by Gasteiger charge is 2.26. The predicted octanol–water partition coefficient (Wildman–Crippen LogP) is 6.31. The number of rotatable bonds is 14. The van der Waals surface area contributed by atoms with E-state index in [0.29, 0.717) is 25.0 Å². The predicted molar refractivity (Wildman–Crippen MR) is 114 cm³/mol. The van der Waals surface area contributed by atoms with Crippen LogP contribution in [-0.4, -0.2) is 25.2 Å². The van der Waals surface area contributed by atoms with E-state index in [2.05, 4.69) is 27.7 Å². The van der Waals surface area contributed by atoms with Crippen molar-refractivity contribution in [2.45, 2.75) is 105 Å². The van der Waals surface area contributed by atoms with E-state index in [1.165, 1.54) is 0 Å². The smallest absolute Gasteiger partial charge is 0.308 e. The van der Waals surface area contributed by atoms with E-state index in [1.54, 1.807) is 0 Å². The van der Waals surface area contributed by atoms with Gasteiger partial charge < -0.3 is 9.47 Å². The molecule has 0 N–H and O–H groups in total. The second-order valence-corrected chi connectivity index (χ2v) is 8.64. The third kappa shape index (κ3) is 9.43. The molecule has 4 nitrogen and oxygen atoms in total. The first-order valence-corrected chi connectivity index (χ1v) is 11.9. The van der Waals surface area contributed by atoms with Crippen LogP contribution in [0.3, 0.4) is 0 Å². The summed E-state index contributed by atoms with van der Waals surface area (Å²) in [6.45, 7) is 9.56. The van der Waals surface area contributed by atoms with Gasteiger partial charge in [-0.1, -0.05) is 53.4 Å². The van der Waals surface area contributed by atoms with Crippen LogP contribution >= 0.6 is 0 Å². The first-order valence-electron chi connectivity index (χ1n) is 11.9. The van der Waals surface area contributed by atoms with E-state index in [-0.39, 0.29) is 23.8 Å². The monoisotopic (exact) mass is 396 g/mol. The number of unbranched alkanes of at least 4 members (excludes halogenated alkanes) is 2. The second kappa shape index (κ2) is 14.9. The molecule has 0 bridgehead atoms. The molecule has 1 rings (SSSR count). The molecule has 1 saturated carbocycles. The minimum atomic E-state index is -0.00955. The number of ether oxygens (including phenoxy) is 2. The maximum atomic E-state index is 12.3. The molecule has 0 saturated heterocycles. The summed E-state index contributed by atoms with van der Waals surface area (Å²) in [4.78, 5) is 24.5. The van der Waals surface area contributed by atoms with Crippen LogP contribution in [0.4, 0.5) is 0 Å². The van der Waals surface area contributed by atoms with Crippen LogP contribution in [-0.2, 0) is 19.1 Å². The van der Waals surface area contributed by atoms with Gasteiger partial charge in [-0.25, -0.2) is 0 Å². The lowest BCUT2D eigenvalue weighted by molar-refractivity contribution is -0.153. The third-order valence-corrected chi connectivity index (χ3v) is 6.35. The van der Waals surface area contributed by atoms with Gasteiger partial charge in [0.25, 0.3) is 0 Å². The lowest BCUT2D eigenvalue weighted by Crippen LogP contribution is -2.26. The molecule has 1 fully saturated rings. The Kier molecular flexibility index (Phi) is 13.3. The minimum Gasteiger partial charge on any atom is -0.465 e. The molecule has 2 atom stereocenters. The zero-order valence-electron chi connectivity index (χ0n) is 18.8. The summed E-state index contributed by atoms with van der Waals surface area (Å²) >= 11 is 0. The standard InChI is InChI=1S/C24H44O4/c1-5-9-11-21(7-3)23(25)27-17-19-13-15-20(16-14-19)18-28-24(26)22(8-4)12-10-6-2/h19-22H,5-18H2,1-4H3/t19?,20?,21-,22-/m0/s1. The molecule has 164 valence electrons. The zero-order chi connectivity index (χ0) is 20.8. The highest BCUT2D eigenvalue weighted by molar-refractivity contribution is 5.72. The fourth-order valence-electron chi connectivity index (χ4n) is 4.08. The molecule has 0 aromatic heterocycles. The third-order valence-electron chi connectivity index (χ3n) is 6.35. The summed E-state index contributed by atoms with van der Waals surface area (Å²) in [5, 5.41) is 0. The molecule has 0 aromatic carbocycles. The van der Waals surface area contributed by atoms with Gasteiger partial charge in [-0.2, -0.15) is 0 Å². The Balaban J connectivity index is 2.24. The molecule has 0 spiro atoms. The Hall–Kier alpha value is -1.06. The molecule has 0 heterocycles. The summed E-state index contributed by atoms with van der Waals surface area (Å²) in [5.74, 6) is 1.04. The Morgan fingerprint density at radius 2 is 1.07 bits per heavy atom. The van der Waals surface area contributed by atoms with Crippen molar-refractivity contribution in [3.8, 4) is 0 Å². The summed E-state index contributed by atoms with van der Waals surface area (Å²) in [6.07, 6.45) is 12.3. The number of hydrogen-bond donors (Lipinski definition) is 0. The van der Waals surface area contributed by atoms with E-state index in [1.807, 2.05) is 0 Å². The van der Waals surface area contributed by atoms with Crippen molar-refractivity contribution >= 4 is 11.9 Å². The summed E-state index contributed by atoms with van der Waals surface area (Å²) in [7, 11) is 0. The van der Waals surface area contributed by atoms with E-state index in [9.17, 15) is 9.59 Å². The Labute approximate surface area is 173 Å². The Bertz CT molecular complexity index is 386. The molecular weight excluding hydrogens is 352 g/mol. The van der Waals surface area contributed by atoms with E-state index in [4.69, 9.17) is 9.47 Å². The fraction of sp³-hybridized carbons (Fsp3) is 0.917. The number of carbonyl (C=O) groups excluding carboxylic acids is 2. The quantitative estimate of drug-likeness (QED) is 0.323. The molecule has 0 aliphatic heterocycles. The van der Waals surface area contributed by atoms with Crippen LogP contribution in [0.5, 0.6) is 0 Å². The van der Waals surface area contributed by atoms with Gasteiger partial charge in [0.2, 0.25) is 0 Å². The van der Waals surface area contributed by atoms with Crippen LogP contribution in [0.2, 0.25) is 0 Å². The zero-order valence-corrected chi connectivity index (χ0v) is 18.8. The van der Waals surface area contributed by atoms with Gasteiger partial charge in [-0.3, -0.25) is 9.59 Å². The number of hydrogen-bond acceptors (Lipinski definition) is 4. The Morgan fingerprint density at radius 3 is 1.36 bits per heavy atom. The van der Waals surface area contributed by atoms with Crippen LogP contribution in [0.25, 0.3) is 0 Å². The van der Waals surface area contributed by atoms with Crippen molar-refractivity contribution < 1.29 is 19.1 Å². The summed E-state index contributed by atoms with van der Waals surface area (Å²) in [6, 6.07) is 0. The van der Waals surface area contributed by atoms with E-state index in [0.717, 1.165) is 77.0 Å². The van der Waals surface area contributed by atoms with Gasteiger partial charge in [0.05, 0.1) is 25.0 Å². The maximum Gasteiger partial charge on any atom is 0.308 e. The van der Waals surface area contributed by atoms with Gasteiger partial charge in [-0.05, 0) is 63.2 Å². The average molecular weight is 397 g/mol. The van der Waals surface area contributed by atoms with Gasteiger partial charge in [0.1, 0.15) is 0 Å². The molecule has 1 aliphatic rings. The van der Waals surface area contributed by atoms with Gasteiger partial charge in [-0.15, -0.1) is 0 Å². The molecule has 28 heavy (non-hydrogen) atoms. The number of carbonyl (C=O) groups is 2. The van der Waals surface area contributed by atoms with Crippen LogP contribution in [0.15, 0.2) is 0 Å². The van der Waals surface area contributed by atoms with Gasteiger partial charge >= 0.3 is 11.9 Å². The minimum absolute atomic E-state index is 0.00955. The molecule has 4 heteroatoms. The van der Waals surface area contributed by atoms with Crippen molar-refractivity contribution in [2.75, 3.05) is 13.2 Å². The Morgan fingerprint density at radius 1 is 0.714 bits per heavy atom. The molecule has 0 aromatic rings. The SMILES string of the molecule is CCCC[C@H](CC)C(=O)OCC1CCC(COC(=O)[C@@H](CC)CCCC)CC1. The van der Waals surface area contributed by atoms with Crippen molar-refractivity contribution in [3.05, 3.63) is 0 Å². The fourth-order valence-corrected chi connectivity index (χ4v) is 4.08. The average Bonchev–Trinajstić information content (AvgIpc) is 2.72. The van der Waals surface area contributed by atoms with E-state index < -0.39 is 0 Å². The highest BCUT2D eigenvalue weighted by Crippen LogP contribution is 2.30. The lowest BCUT2D eigenvalue weighted by Gasteiger charge is -2.28. The van der Waals surface area contributed by atoms with E-state index >= 15 is 0 Å². The summed E-state index contributed by atoms with van der Waals surface area (Å²) in [5.41, 5.74) is 0. The second-order valence-electron chi connectivity index (χ2n) is 8.64. The first-order chi connectivity index (χ1) is 13.5. The van der Waals surface area contributed by atoms with Gasteiger partial charge in [0.15, 0.2) is 0 Å². The molecule has 0 radical (unpaired) electrons. The lowest BCUT2D eigenvalue weighted by atomic mass is 9.83. The normalized spacial score (nSPS) is 21.7. The summed E-state index contributed by atoms with van der Waals surface area (Å²) < 4.78 is 11.2. The van der Waals surface area contributed by atoms with Gasteiger partial charge in [0, 0.05) is 0 Å². The largest absolute Gasteiger partial charge is 0.465 e. The highest BCUT2D eigenvalue weighted by atomic mass is 16.5. The molecule has 0 unspecified atom stereocenters. The van der Waals surface area contributed by atoms with Crippen molar-refractivity contribution in [3.63, 3.8) is 0 Å². The molecular formula is C24H44O4. The van der Waals surface area contributed by atoms with Crippen LogP contribution in [0.1, 0.15) is 105 Å². The maximum absolute atomic E-state index is 12.3. The van der Waals surface area contributed by atoms with Crippen molar-refractivity contribution in [1.82, 2.24) is 0 Å². The van der Waals surface area contributed by atoms with Crippen LogP contribution < -0.4 is 0 Å². The molecule has 0 amide bonds. The van der Waals surface area contributed by atoms with Crippen LogP contribution in [0, 0.1) is 23.7 Å². The van der Waals surface area contributed by atoms with Crippen molar-refractivity contribution in [2.24, 2.45) is 23.7 Å². The number of esters is 2. The topological polar surface area (TPSA) is 52.6 Å².